The van der Waals surface area contributed by atoms with Gasteiger partial charge in [0.05, 0.1) is 24.9 Å². The van der Waals surface area contributed by atoms with Crippen molar-refractivity contribution in [1.82, 2.24) is 25.3 Å². The highest BCUT2D eigenvalue weighted by atomic mass is 35.5. The van der Waals surface area contributed by atoms with E-state index in [2.05, 4.69) is 30.6 Å². The predicted octanol–water partition coefficient (Wildman–Crippen LogP) is 3.82. The number of nitrogens with one attached hydrogen (secondary N) is 3. The van der Waals surface area contributed by atoms with Crippen LogP contribution >= 0.6 is 11.6 Å². The molecule has 0 aliphatic carbocycles. The number of amides is 1. The first-order chi connectivity index (χ1) is 16.5. The van der Waals surface area contributed by atoms with Gasteiger partial charge in [-0.3, -0.25) is 4.79 Å². The minimum absolute atomic E-state index is 0.0951. The summed E-state index contributed by atoms with van der Waals surface area (Å²) in [5.41, 5.74) is 1.21. The van der Waals surface area contributed by atoms with E-state index in [1.54, 1.807) is 38.4 Å². The Morgan fingerprint density at radius 2 is 2.03 bits per heavy atom. The van der Waals surface area contributed by atoms with Gasteiger partial charge in [0.2, 0.25) is 5.91 Å². The Hall–Kier alpha value is -3.92. The fourth-order valence-corrected chi connectivity index (χ4v) is 3.42. The number of carbonyl (C=O) groups excluding carboxylic acids is 1. The van der Waals surface area contributed by atoms with Crippen LogP contribution < -0.4 is 20.1 Å². The number of methoxy groups -OCH3 is 1. The van der Waals surface area contributed by atoms with Crippen molar-refractivity contribution >= 4 is 34.4 Å². The summed E-state index contributed by atoms with van der Waals surface area (Å²) in [5.74, 6) is 0.325. The smallest absolute Gasteiger partial charge is 0.242 e. The molecule has 1 atom stereocenters. The lowest BCUT2D eigenvalue weighted by Gasteiger charge is -2.16. The van der Waals surface area contributed by atoms with Gasteiger partial charge in [0.15, 0.2) is 29.0 Å². The first-order valence-electron chi connectivity index (χ1n) is 10.4. The molecule has 0 aliphatic rings. The van der Waals surface area contributed by atoms with Crippen molar-refractivity contribution in [3.8, 4) is 22.9 Å². The number of ether oxygens (including phenoxy) is 2. The molecule has 9 nitrogen and oxygen atoms in total. The largest absolute Gasteiger partial charge is 0.493 e. The van der Waals surface area contributed by atoms with Crippen molar-refractivity contribution in [3.05, 3.63) is 59.8 Å². The summed E-state index contributed by atoms with van der Waals surface area (Å²) in [5, 5.41) is 6.69. The first-order valence-corrected chi connectivity index (χ1v) is 10.8. The SMILES string of the molecule is COc1ccccc1OCCNC(=O)[C@H](C)Nc1nc(-c2c[nH]c3ncc(Cl)cc23)ncc1F. The summed E-state index contributed by atoms with van der Waals surface area (Å²) in [6.07, 6.45) is 4.24. The van der Waals surface area contributed by atoms with Crippen LogP contribution in [0.3, 0.4) is 0 Å². The molecule has 11 heteroatoms. The summed E-state index contributed by atoms with van der Waals surface area (Å²) >= 11 is 6.05. The molecule has 0 bridgehead atoms. The second kappa shape index (κ2) is 10.3. The van der Waals surface area contributed by atoms with Crippen LogP contribution in [-0.2, 0) is 4.79 Å². The molecule has 0 unspecified atom stereocenters. The number of hydrogen-bond donors (Lipinski definition) is 3. The fourth-order valence-electron chi connectivity index (χ4n) is 3.26. The fraction of sp³-hybridized carbons (Fsp3) is 0.217. The lowest BCUT2D eigenvalue weighted by molar-refractivity contribution is -0.121. The summed E-state index contributed by atoms with van der Waals surface area (Å²) < 4.78 is 25.2. The van der Waals surface area contributed by atoms with Gasteiger partial charge in [0.25, 0.3) is 0 Å². The first kappa shape index (κ1) is 23.2. The quantitative estimate of drug-likeness (QED) is 0.309. The van der Waals surface area contributed by atoms with Crippen LogP contribution in [0, 0.1) is 5.82 Å². The van der Waals surface area contributed by atoms with Crippen LogP contribution in [0.15, 0.2) is 48.9 Å². The van der Waals surface area contributed by atoms with Gasteiger partial charge in [-0.05, 0) is 25.1 Å². The van der Waals surface area contributed by atoms with Gasteiger partial charge in [-0.1, -0.05) is 23.7 Å². The lowest BCUT2D eigenvalue weighted by Crippen LogP contribution is -2.39. The predicted molar refractivity (Wildman–Crippen MR) is 127 cm³/mol. The maximum Gasteiger partial charge on any atom is 0.242 e. The molecule has 176 valence electrons. The van der Waals surface area contributed by atoms with Crippen LogP contribution in [0.2, 0.25) is 5.02 Å². The van der Waals surface area contributed by atoms with Crippen molar-refractivity contribution in [3.63, 3.8) is 0 Å². The number of benzene rings is 1. The number of hydrogen-bond acceptors (Lipinski definition) is 7. The van der Waals surface area contributed by atoms with Gasteiger partial charge in [0, 0.05) is 23.3 Å². The van der Waals surface area contributed by atoms with Gasteiger partial charge in [-0.2, -0.15) is 0 Å². The maximum absolute atomic E-state index is 14.4. The number of aromatic nitrogens is 4. The molecule has 34 heavy (non-hydrogen) atoms. The Bertz CT molecular complexity index is 1320. The molecule has 0 saturated carbocycles. The van der Waals surface area contributed by atoms with Crippen molar-refractivity contribution in [2.24, 2.45) is 0 Å². The molecule has 4 aromatic rings. The number of anilines is 1. The second-order valence-electron chi connectivity index (χ2n) is 7.30. The standard InChI is InChI=1S/C23H22ClFN6O3/c1-13(23(32)26-7-8-34-19-6-4-3-5-18(19)33-2)30-22-17(25)12-29-21(31-22)16-11-28-20-15(16)9-14(24)10-27-20/h3-6,9-13H,7-8H2,1-2H3,(H,26,32)(H,27,28)(H,29,30,31)/t13-/m0/s1. The molecule has 1 amide bonds. The molecule has 0 spiro atoms. The van der Waals surface area contributed by atoms with E-state index in [9.17, 15) is 9.18 Å². The number of halogens is 2. The maximum atomic E-state index is 14.4. The number of nitrogens with zero attached hydrogens (tertiary/aromatic N) is 3. The van der Waals surface area contributed by atoms with Crippen LogP contribution in [-0.4, -0.2) is 52.1 Å². The number of para-hydroxylation sites is 2. The van der Waals surface area contributed by atoms with Crippen LogP contribution in [0.1, 0.15) is 6.92 Å². The summed E-state index contributed by atoms with van der Waals surface area (Å²) in [6.45, 7) is 2.10. The van der Waals surface area contributed by atoms with Gasteiger partial charge in [-0.25, -0.2) is 19.3 Å². The third-order valence-electron chi connectivity index (χ3n) is 4.96. The molecular weight excluding hydrogens is 463 g/mol. The van der Waals surface area contributed by atoms with Gasteiger partial charge in [-0.15, -0.1) is 0 Å². The number of rotatable bonds is 9. The Kier molecular flexibility index (Phi) is 7.07. The number of aromatic amines is 1. The lowest BCUT2D eigenvalue weighted by atomic mass is 10.2. The average Bonchev–Trinajstić information content (AvgIpc) is 3.26. The van der Waals surface area contributed by atoms with E-state index in [4.69, 9.17) is 21.1 Å². The molecule has 1 aromatic carbocycles. The Morgan fingerprint density at radius 1 is 1.24 bits per heavy atom. The van der Waals surface area contributed by atoms with Crippen LogP contribution in [0.25, 0.3) is 22.4 Å². The van der Waals surface area contributed by atoms with Crippen molar-refractivity contribution in [1.29, 1.82) is 0 Å². The van der Waals surface area contributed by atoms with Gasteiger partial charge >= 0.3 is 0 Å². The van der Waals surface area contributed by atoms with E-state index in [1.807, 2.05) is 12.1 Å². The van der Waals surface area contributed by atoms with Crippen LogP contribution in [0.5, 0.6) is 11.5 Å². The van der Waals surface area contributed by atoms with E-state index in [1.165, 1.54) is 6.20 Å². The minimum atomic E-state index is -0.761. The Labute approximate surface area is 199 Å². The van der Waals surface area contributed by atoms with Gasteiger partial charge < -0.3 is 25.1 Å². The zero-order valence-electron chi connectivity index (χ0n) is 18.4. The van der Waals surface area contributed by atoms with Gasteiger partial charge in [0.1, 0.15) is 18.3 Å². The zero-order valence-corrected chi connectivity index (χ0v) is 19.2. The van der Waals surface area contributed by atoms with Crippen molar-refractivity contribution in [2.75, 3.05) is 25.6 Å². The minimum Gasteiger partial charge on any atom is -0.493 e. The zero-order chi connectivity index (χ0) is 24.1. The summed E-state index contributed by atoms with van der Waals surface area (Å²) in [7, 11) is 1.56. The normalized spacial score (nSPS) is 11.8. The molecule has 3 N–H and O–H groups in total. The molecule has 3 aromatic heterocycles. The molecule has 0 aliphatic heterocycles. The third-order valence-corrected chi connectivity index (χ3v) is 5.16. The van der Waals surface area contributed by atoms with Crippen LogP contribution in [0.4, 0.5) is 10.2 Å². The van der Waals surface area contributed by atoms with E-state index >= 15 is 0 Å². The third kappa shape index (κ3) is 5.18. The topological polar surface area (TPSA) is 114 Å². The molecule has 0 radical (unpaired) electrons. The molecule has 0 fully saturated rings. The summed E-state index contributed by atoms with van der Waals surface area (Å²) in [4.78, 5) is 28.0. The Balaban J connectivity index is 1.38. The van der Waals surface area contributed by atoms with E-state index < -0.39 is 11.9 Å². The van der Waals surface area contributed by atoms with Crippen molar-refractivity contribution in [2.45, 2.75) is 13.0 Å². The highest BCUT2D eigenvalue weighted by Gasteiger charge is 2.18. The highest BCUT2D eigenvalue weighted by Crippen LogP contribution is 2.28. The monoisotopic (exact) mass is 484 g/mol. The highest BCUT2D eigenvalue weighted by molar-refractivity contribution is 6.31. The van der Waals surface area contributed by atoms with E-state index in [0.29, 0.717) is 33.1 Å². The Morgan fingerprint density at radius 3 is 2.82 bits per heavy atom. The number of pyridine rings is 1. The second-order valence-corrected chi connectivity index (χ2v) is 7.74. The average molecular weight is 485 g/mol. The summed E-state index contributed by atoms with van der Waals surface area (Å²) in [6, 6.07) is 8.18. The molecule has 0 saturated heterocycles. The number of H-pyrrole nitrogens is 1. The molecular formula is C23H22ClFN6O3. The molecule has 3 heterocycles. The number of fused-ring (bicyclic) bond motifs is 1. The number of carbonyl (C=O) groups is 1. The molecule has 4 rings (SSSR count). The van der Waals surface area contributed by atoms with E-state index in [0.717, 1.165) is 6.20 Å². The van der Waals surface area contributed by atoms with Crippen molar-refractivity contribution < 1.29 is 18.7 Å². The van der Waals surface area contributed by atoms with E-state index in [-0.39, 0.29) is 30.7 Å².